The monoisotopic (exact) mass is 353 g/mol. The van der Waals surface area contributed by atoms with Crippen LogP contribution in [0.5, 0.6) is 0 Å². The van der Waals surface area contributed by atoms with Crippen LogP contribution in [0.2, 0.25) is 0 Å². The Morgan fingerprint density at radius 1 is 1.27 bits per heavy atom. The van der Waals surface area contributed by atoms with Crippen LogP contribution in [0.15, 0.2) is 36.5 Å². The number of piperidine rings is 1. The highest BCUT2D eigenvalue weighted by molar-refractivity contribution is 5.88. The molecule has 0 saturated carbocycles. The SMILES string of the molecule is CN1C(=O)C[C@H](C(=O)O)C12CCN(Cc1cccc3ncccc13)CC2. The number of carbonyl (C=O) groups excluding carboxylic acids is 1. The largest absolute Gasteiger partial charge is 0.481 e. The van der Waals surface area contributed by atoms with Crippen molar-refractivity contribution in [1.29, 1.82) is 0 Å². The molecule has 3 heterocycles. The number of hydrogen-bond acceptors (Lipinski definition) is 4. The van der Waals surface area contributed by atoms with E-state index >= 15 is 0 Å². The zero-order valence-corrected chi connectivity index (χ0v) is 14.9. The van der Waals surface area contributed by atoms with Crippen molar-refractivity contribution in [3.05, 3.63) is 42.1 Å². The highest BCUT2D eigenvalue weighted by Crippen LogP contribution is 2.43. The number of carbonyl (C=O) groups is 2. The van der Waals surface area contributed by atoms with Gasteiger partial charge in [-0.1, -0.05) is 18.2 Å². The van der Waals surface area contributed by atoms with E-state index in [2.05, 4.69) is 22.0 Å². The summed E-state index contributed by atoms with van der Waals surface area (Å²) in [6.45, 7) is 2.39. The Kier molecular flexibility index (Phi) is 4.15. The van der Waals surface area contributed by atoms with Crippen molar-refractivity contribution < 1.29 is 14.7 Å². The summed E-state index contributed by atoms with van der Waals surface area (Å²) in [6.07, 6.45) is 3.33. The molecule has 1 atom stereocenters. The number of benzene rings is 1. The second-order valence-electron chi connectivity index (χ2n) is 7.41. The van der Waals surface area contributed by atoms with Crippen molar-refractivity contribution in [3.8, 4) is 0 Å². The molecule has 2 aliphatic heterocycles. The molecule has 6 nitrogen and oxygen atoms in total. The van der Waals surface area contributed by atoms with Crippen LogP contribution in [0.4, 0.5) is 0 Å². The second-order valence-corrected chi connectivity index (χ2v) is 7.41. The Morgan fingerprint density at radius 3 is 2.77 bits per heavy atom. The van der Waals surface area contributed by atoms with E-state index in [1.165, 1.54) is 5.56 Å². The van der Waals surface area contributed by atoms with E-state index in [1.807, 2.05) is 18.2 Å². The number of carboxylic acid groups (broad SMARTS) is 1. The molecule has 0 radical (unpaired) electrons. The van der Waals surface area contributed by atoms with Gasteiger partial charge in [0.05, 0.1) is 17.0 Å². The maximum absolute atomic E-state index is 12.1. The first-order valence-electron chi connectivity index (χ1n) is 9.06. The summed E-state index contributed by atoms with van der Waals surface area (Å²) in [5.41, 5.74) is 1.70. The molecular formula is C20H23N3O3. The number of likely N-dealkylation sites (tertiary alicyclic amines) is 2. The van der Waals surface area contributed by atoms with Gasteiger partial charge in [0.15, 0.2) is 0 Å². The number of hydrogen-bond donors (Lipinski definition) is 1. The Labute approximate surface area is 152 Å². The van der Waals surface area contributed by atoms with Gasteiger partial charge in [-0.25, -0.2) is 0 Å². The molecule has 0 unspecified atom stereocenters. The number of aromatic nitrogens is 1. The molecule has 1 N–H and O–H groups in total. The smallest absolute Gasteiger partial charge is 0.309 e. The topological polar surface area (TPSA) is 73.7 Å². The van der Waals surface area contributed by atoms with Crippen molar-refractivity contribution in [3.63, 3.8) is 0 Å². The molecule has 4 rings (SSSR count). The fourth-order valence-corrected chi connectivity index (χ4v) is 4.63. The first-order chi connectivity index (χ1) is 12.5. The van der Waals surface area contributed by atoms with Gasteiger partial charge in [0, 0.05) is 44.7 Å². The minimum absolute atomic E-state index is 0.0500. The molecule has 2 saturated heterocycles. The third-order valence-electron chi connectivity index (χ3n) is 6.22. The molecule has 2 aliphatic rings. The Hall–Kier alpha value is -2.47. The molecule has 1 aromatic heterocycles. The van der Waals surface area contributed by atoms with E-state index in [9.17, 15) is 14.7 Å². The van der Waals surface area contributed by atoms with Crippen LogP contribution >= 0.6 is 0 Å². The molecule has 0 bridgehead atoms. The number of nitrogens with zero attached hydrogens (tertiary/aromatic N) is 3. The van der Waals surface area contributed by atoms with Crippen LogP contribution in [0.3, 0.4) is 0 Å². The van der Waals surface area contributed by atoms with Gasteiger partial charge in [0.1, 0.15) is 0 Å². The van der Waals surface area contributed by atoms with Crippen molar-refractivity contribution in [1.82, 2.24) is 14.8 Å². The van der Waals surface area contributed by atoms with Gasteiger partial charge in [-0.05, 0) is 30.5 Å². The van der Waals surface area contributed by atoms with Crippen molar-refractivity contribution in [2.45, 2.75) is 31.3 Å². The number of rotatable bonds is 3. The molecular weight excluding hydrogens is 330 g/mol. The van der Waals surface area contributed by atoms with Crippen LogP contribution < -0.4 is 0 Å². The third kappa shape index (κ3) is 2.65. The zero-order chi connectivity index (χ0) is 18.3. The van der Waals surface area contributed by atoms with Crippen molar-refractivity contribution in [2.24, 2.45) is 5.92 Å². The van der Waals surface area contributed by atoms with Gasteiger partial charge in [-0.2, -0.15) is 0 Å². The number of carboxylic acids is 1. The van der Waals surface area contributed by atoms with E-state index in [0.717, 1.165) is 30.5 Å². The summed E-state index contributed by atoms with van der Waals surface area (Å²) in [5, 5.41) is 10.7. The third-order valence-corrected chi connectivity index (χ3v) is 6.22. The fraction of sp³-hybridized carbons (Fsp3) is 0.450. The highest BCUT2D eigenvalue weighted by atomic mass is 16.4. The zero-order valence-electron chi connectivity index (χ0n) is 14.9. The van der Waals surface area contributed by atoms with Crippen molar-refractivity contribution in [2.75, 3.05) is 20.1 Å². The van der Waals surface area contributed by atoms with Gasteiger partial charge in [-0.15, -0.1) is 0 Å². The number of aliphatic carboxylic acids is 1. The quantitative estimate of drug-likeness (QED) is 0.915. The maximum atomic E-state index is 12.1. The summed E-state index contributed by atoms with van der Waals surface area (Å²) in [7, 11) is 1.76. The van der Waals surface area contributed by atoms with E-state index in [-0.39, 0.29) is 12.3 Å². The lowest BCUT2D eigenvalue weighted by Crippen LogP contribution is -2.55. The second kappa shape index (κ2) is 6.36. The lowest BCUT2D eigenvalue weighted by Gasteiger charge is -2.45. The van der Waals surface area contributed by atoms with Crippen LogP contribution in [0, 0.1) is 5.92 Å². The lowest BCUT2D eigenvalue weighted by molar-refractivity contribution is -0.146. The minimum atomic E-state index is -0.851. The molecule has 136 valence electrons. The predicted molar refractivity (Wildman–Crippen MR) is 97.5 cm³/mol. The first-order valence-corrected chi connectivity index (χ1v) is 9.06. The molecule has 1 aromatic carbocycles. The van der Waals surface area contributed by atoms with Gasteiger partial charge >= 0.3 is 5.97 Å². The van der Waals surface area contributed by atoms with Crippen molar-refractivity contribution >= 4 is 22.8 Å². The minimum Gasteiger partial charge on any atom is -0.481 e. The number of pyridine rings is 1. The van der Waals surface area contributed by atoms with E-state index < -0.39 is 17.4 Å². The Balaban J connectivity index is 1.51. The highest BCUT2D eigenvalue weighted by Gasteiger charge is 2.55. The average Bonchev–Trinajstić information content (AvgIpc) is 2.89. The summed E-state index contributed by atoms with van der Waals surface area (Å²) >= 11 is 0. The fourth-order valence-electron chi connectivity index (χ4n) is 4.63. The van der Waals surface area contributed by atoms with Gasteiger partial charge in [-0.3, -0.25) is 19.5 Å². The Morgan fingerprint density at radius 2 is 2.04 bits per heavy atom. The van der Waals surface area contributed by atoms with Crippen LogP contribution in [0.25, 0.3) is 10.9 Å². The number of fused-ring (bicyclic) bond motifs is 1. The standard InChI is InChI=1S/C20H23N3O3/c1-22-18(24)12-16(19(25)26)20(22)7-10-23(11-8-20)13-14-4-2-6-17-15(14)5-3-9-21-17/h2-6,9,16H,7-8,10-13H2,1H3,(H,25,26)/t16-/m1/s1. The van der Waals surface area contributed by atoms with Gasteiger partial charge < -0.3 is 10.0 Å². The molecule has 2 aromatic rings. The molecule has 0 aliphatic carbocycles. The first kappa shape index (κ1) is 17.0. The predicted octanol–water partition coefficient (Wildman–Crippen LogP) is 2.13. The number of amides is 1. The normalized spacial score (nSPS) is 23.0. The van der Waals surface area contributed by atoms with Crippen LogP contribution in [0.1, 0.15) is 24.8 Å². The van der Waals surface area contributed by atoms with Gasteiger partial charge in [0.2, 0.25) is 5.91 Å². The molecule has 6 heteroatoms. The Bertz CT molecular complexity index is 853. The maximum Gasteiger partial charge on any atom is 0.309 e. The lowest BCUT2D eigenvalue weighted by atomic mass is 9.77. The molecule has 2 fully saturated rings. The summed E-state index contributed by atoms with van der Waals surface area (Å²) < 4.78 is 0. The molecule has 26 heavy (non-hydrogen) atoms. The summed E-state index contributed by atoms with van der Waals surface area (Å²) in [5.74, 6) is -1.49. The van der Waals surface area contributed by atoms with Crippen LogP contribution in [-0.2, 0) is 16.1 Å². The van der Waals surface area contributed by atoms with Gasteiger partial charge in [0.25, 0.3) is 0 Å². The van der Waals surface area contributed by atoms with E-state index in [0.29, 0.717) is 12.8 Å². The van der Waals surface area contributed by atoms with E-state index in [4.69, 9.17) is 0 Å². The van der Waals surface area contributed by atoms with Crippen LogP contribution in [-0.4, -0.2) is 57.4 Å². The molecule has 1 amide bonds. The average molecular weight is 353 g/mol. The van der Waals surface area contributed by atoms with E-state index in [1.54, 1.807) is 18.1 Å². The summed E-state index contributed by atoms with van der Waals surface area (Å²) in [4.78, 5) is 32.3. The molecule has 1 spiro atoms. The summed E-state index contributed by atoms with van der Waals surface area (Å²) in [6, 6.07) is 10.2.